The molecule has 1 aromatic heterocycles. The van der Waals surface area contributed by atoms with Gasteiger partial charge in [-0.05, 0) is 43.3 Å². The molecule has 1 aliphatic heterocycles. The number of benzene rings is 2. The maximum absolute atomic E-state index is 13.1. The molecule has 0 saturated carbocycles. The van der Waals surface area contributed by atoms with Crippen LogP contribution in [0, 0.1) is 12.7 Å². The smallest absolute Gasteiger partial charge is 0.257 e. The van der Waals surface area contributed by atoms with Gasteiger partial charge in [0.25, 0.3) is 5.91 Å². The zero-order valence-electron chi connectivity index (χ0n) is 12.9. The second-order valence-electron chi connectivity index (χ2n) is 5.78. The van der Waals surface area contributed by atoms with Gasteiger partial charge in [0.05, 0.1) is 23.1 Å². The Kier molecular flexibility index (Phi) is 3.19. The maximum Gasteiger partial charge on any atom is 0.257 e. The molecule has 5 nitrogen and oxygen atoms in total. The summed E-state index contributed by atoms with van der Waals surface area (Å²) in [6.45, 7) is 1.82. The van der Waals surface area contributed by atoms with Gasteiger partial charge in [-0.25, -0.2) is 14.3 Å². The number of hydrogen-bond acceptors (Lipinski definition) is 3. The fourth-order valence-corrected chi connectivity index (χ4v) is 3.24. The number of halogens is 1. The van der Waals surface area contributed by atoms with E-state index in [0.717, 1.165) is 15.9 Å². The van der Waals surface area contributed by atoms with Crippen molar-refractivity contribution in [1.29, 1.82) is 0 Å². The molecule has 0 unspecified atom stereocenters. The summed E-state index contributed by atoms with van der Waals surface area (Å²) >= 11 is 0. The molecule has 120 valence electrons. The predicted molar refractivity (Wildman–Crippen MR) is 87.0 cm³/mol. The fraction of sp³-hybridized carbons (Fsp3) is 0.167. The van der Waals surface area contributed by atoms with E-state index in [2.05, 4.69) is 4.98 Å². The van der Waals surface area contributed by atoms with Crippen LogP contribution in [0.5, 0.6) is 0 Å². The fourth-order valence-electron chi connectivity index (χ4n) is 3.24. The molecule has 4 rings (SSSR count). The number of anilines is 1. The van der Waals surface area contributed by atoms with Gasteiger partial charge in [-0.15, -0.1) is 0 Å². The third-order valence-corrected chi connectivity index (χ3v) is 4.29. The van der Waals surface area contributed by atoms with E-state index < -0.39 is 11.9 Å². The van der Waals surface area contributed by atoms with Crippen molar-refractivity contribution >= 4 is 28.5 Å². The molecule has 0 aliphatic carbocycles. The Hall–Kier alpha value is -3.02. The highest BCUT2D eigenvalue weighted by Crippen LogP contribution is 2.32. The van der Waals surface area contributed by atoms with Crippen LogP contribution in [0.3, 0.4) is 0 Å². The number of fused-ring (bicyclic) bond motifs is 1. The molecule has 0 bridgehead atoms. The van der Waals surface area contributed by atoms with E-state index in [-0.39, 0.29) is 18.2 Å². The van der Waals surface area contributed by atoms with Gasteiger partial charge in [0.1, 0.15) is 17.7 Å². The SMILES string of the molecule is Cc1nc2ccccc2n1[C@H]1CC(=O)N(c2ccc(F)cc2)C1=O. The molecule has 2 aromatic carbocycles. The number of rotatable bonds is 2. The van der Waals surface area contributed by atoms with Crippen LogP contribution < -0.4 is 4.90 Å². The zero-order chi connectivity index (χ0) is 16.8. The van der Waals surface area contributed by atoms with Crippen molar-refractivity contribution in [2.45, 2.75) is 19.4 Å². The Bertz CT molecular complexity index is 962. The minimum absolute atomic E-state index is 0.0669. The van der Waals surface area contributed by atoms with Crippen LogP contribution in [0.2, 0.25) is 0 Å². The molecular weight excluding hydrogens is 309 g/mol. The maximum atomic E-state index is 13.1. The second kappa shape index (κ2) is 5.26. The first-order chi connectivity index (χ1) is 11.6. The molecule has 24 heavy (non-hydrogen) atoms. The first kappa shape index (κ1) is 14.6. The highest BCUT2D eigenvalue weighted by molar-refractivity contribution is 6.21. The van der Waals surface area contributed by atoms with E-state index in [0.29, 0.717) is 11.5 Å². The largest absolute Gasteiger partial charge is 0.315 e. The van der Waals surface area contributed by atoms with Gasteiger partial charge >= 0.3 is 0 Å². The van der Waals surface area contributed by atoms with Gasteiger partial charge in [0, 0.05) is 0 Å². The molecular formula is C18H14FN3O2. The summed E-state index contributed by atoms with van der Waals surface area (Å²) in [5.41, 5.74) is 1.99. The molecule has 2 heterocycles. The minimum Gasteiger partial charge on any atom is -0.315 e. The number of carbonyl (C=O) groups excluding carboxylic acids is 2. The van der Waals surface area contributed by atoms with Crippen LogP contribution in [0.15, 0.2) is 48.5 Å². The number of imide groups is 1. The normalized spacial score (nSPS) is 17.9. The lowest BCUT2D eigenvalue weighted by Crippen LogP contribution is -2.31. The summed E-state index contributed by atoms with van der Waals surface area (Å²) < 4.78 is 14.9. The van der Waals surface area contributed by atoms with Crippen LogP contribution in [0.4, 0.5) is 10.1 Å². The first-order valence-electron chi connectivity index (χ1n) is 7.62. The number of nitrogens with zero attached hydrogens (tertiary/aromatic N) is 3. The Balaban J connectivity index is 1.78. The molecule has 1 atom stereocenters. The Morgan fingerprint density at radius 3 is 2.54 bits per heavy atom. The monoisotopic (exact) mass is 323 g/mol. The summed E-state index contributed by atoms with van der Waals surface area (Å²) in [5.74, 6) is -0.346. The Morgan fingerprint density at radius 2 is 1.79 bits per heavy atom. The van der Waals surface area contributed by atoms with Gasteiger partial charge in [0.15, 0.2) is 0 Å². The van der Waals surface area contributed by atoms with Crippen molar-refractivity contribution in [3.8, 4) is 0 Å². The number of para-hydroxylation sites is 2. The van der Waals surface area contributed by atoms with Gasteiger partial charge < -0.3 is 4.57 Å². The number of hydrogen-bond donors (Lipinski definition) is 0. The topological polar surface area (TPSA) is 55.2 Å². The van der Waals surface area contributed by atoms with Gasteiger partial charge in [-0.3, -0.25) is 9.59 Å². The third kappa shape index (κ3) is 2.11. The third-order valence-electron chi connectivity index (χ3n) is 4.29. The van der Waals surface area contributed by atoms with Crippen LogP contribution in [0.25, 0.3) is 11.0 Å². The zero-order valence-corrected chi connectivity index (χ0v) is 12.9. The van der Waals surface area contributed by atoms with Gasteiger partial charge in [0.2, 0.25) is 5.91 Å². The molecule has 0 spiro atoms. The lowest BCUT2D eigenvalue weighted by atomic mass is 10.2. The number of aryl methyl sites for hydroxylation is 1. The molecule has 1 fully saturated rings. The predicted octanol–water partition coefficient (Wildman–Crippen LogP) is 2.99. The summed E-state index contributed by atoms with van der Waals surface area (Å²) in [4.78, 5) is 30.8. The van der Waals surface area contributed by atoms with Crippen LogP contribution in [-0.4, -0.2) is 21.4 Å². The molecule has 2 amide bonds. The van der Waals surface area contributed by atoms with E-state index in [1.165, 1.54) is 24.3 Å². The van der Waals surface area contributed by atoms with Crippen LogP contribution >= 0.6 is 0 Å². The highest BCUT2D eigenvalue weighted by Gasteiger charge is 2.41. The van der Waals surface area contributed by atoms with Crippen LogP contribution in [0.1, 0.15) is 18.3 Å². The number of imidazole rings is 1. The standard InChI is InChI=1S/C18H14FN3O2/c1-11-20-14-4-2-3-5-15(14)21(11)16-10-17(23)22(18(16)24)13-8-6-12(19)7-9-13/h2-9,16H,10H2,1H3/t16-/m0/s1. The van der Waals surface area contributed by atoms with Crippen molar-refractivity contribution in [1.82, 2.24) is 9.55 Å². The lowest BCUT2D eigenvalue weighted by molar-refractivity contribution is -0.122. The molecule has 1 saturated heterocycles. The minimum atomic E-state index is -0.630. The molecule has 1 aliphatic rings. The Labute approximate surface area is 137 Å². The second-order valence-corrected chi connectivity index (χ2v) is 5.78. The van der Waals surface area contributed by atoms with Crippen molar-refractivity contribution < 1.29 is 14.0 Å². The van der Waals surface area contributed by atoms with E-state index in [1.807, 2.05) is 31.2 Å². The molecule has 3 aromatic rings. The van der Waals surface area contributed by atoms with Crippen molar-refractivity contribution in [2.24, 2.45) is 0 Å². The molecule has 6 heteroatoms. The van der Waals surface area contributed by atoms with Crippen molar-refractivity contribution in [3.05, 3.63) is 60.2 Å². The van der Waals surface area contributed by atoms with Crippen molar-refractivity contribution in [3.63, 3.8) is 0 Å². The Morgan fingerprint density at radius 1 is 1.08 bits per heavy atom. The van der Waals surface area contributed by atoms with E-state index in [9.17, 15) is 14.0 Å². The quantitative estimate of drug-likeness (QED) is 0.681. The highest BCUT2D eigenvalue weighted by atomic mass is 19.1. The van der Waals surface area contributed by atoms with Gasteiger partial charge in [-0.2, -0.15) is 0 Å². The number of aromatic nitrogens is 2. The first-order valence-corrected chi connectivity index (χ1v) is 7.62. The molecule has 0 radical (unpaired) electrons. The van der Waals surface area contributed by atoms with E-state index >= 15 is 0 Å². The summed E-state index contributed by atoms with van der Waals surface area (Å²) in [6.07, 6.45) is 0.0669. The number of carbonyl (C=O) groups is 2. The average molecular weight is 323 g/mol. The summed E-state index contributed by atoms with van der Waals surface area (Å²) in [7, 11) is 0. The number of amides is 2. The van der Waals surface area contributed by atoms with Crippen molar-refractivity contribution in [2.75, 3.05) is 4.90 Å². The average Bonchev–Trinajstić information content (AvgIpc) is 3.04. The summed E-state index contributed by atoms with van der Waals surface area (Å²) in [5, 5.41) is 0. The lowest BCUT2D eigenvalue weighted by Gasteiger charge is -2.16. The molecule has 0 N–H and O–H groups in total. The van der Waals surface area contributed by atoms with Crippen LogP contribution in [-0.2, 0) is 9.59 Å². The summed E-state index contributed by atoms with van der Waals surface area (Å²) in [6, 6.07) is 12.2. The van der Waals surface area contributed by atoms with Gasteiger partial charge in [-0.1, -0.05) is 12.1 Å². The van der Waals surface area contributed by atoms with E-state index in [1.54, 1.807) is 4.57 Å². The van der Waals surface area contributed by atoms with E-state index in [4.69, 9.17) is 0 Å².